The van der Waals surface area contributed by atoms with Crippen molar-refractivity contribution < 1.29 is 13.5 Å². The fourth-order valence-corrected chi connectivity index (χ4v) is 4.38. The Hall–Kier alpha value is -3.50. The second-order valence-corrected chi connectivity index (χ2v) is 8.07. The van der Waals surface area contributed by atoms with Crippen LogP contribution in [-0.4, -0.2) is 50.9 Å². The van der Waals surface area contributed by atoms with Gasteiger partial charge in [0.05, 0.1) is 11.8 Å². The molecule has 33 heavy (non-hydrogen) atoms. The van der Waals surface area contributed by atoms with E-state index in [1.54, 1.807) is 36.3 Å². The van der Waals surface area contributed by atoms with Gasteiger partial charge in [0.25, 0.3) is 0 Å². The Kier molecular flexibility index (Phi) is 5.47. The minimum Gasteiger partial charge on any atom is -0.377 e. The van der Waals surface area contributed by atoms with E-state index < -0.39 is 17.2 Å². The Labute approximate surface area is 189 Å². The lowest BCUT2D eigenvalue weighted by Crippen LogP contribution is -2.57. The van der Waals surface area contributed by atoms with E-state index in [1.807, 2.05) is 13.0 Å². The zero-order valence-corrected chi connectivity index (χ0v) is 18.2. The normalized spacial score (nSPS) is 20.8. The van der Waals surface area contributed by atoms with Crippen LogP contribution in [0.3, 0.4) is 0 Å². The zero-order chi connectivity index (χ0) is 23.0. The molecule has 2 atom stereocenters. The number of aryl methyl sites for hydroxylation is 1. The zero-order valence-electron chi connectivity index (χ0n) is 18.2. The number of nitrogens with zero attached hydrogens (tertiary/aromatic N) is 5. The Morgan fingerprint density at radius 1 is 1.18 bits per heavy atom. The maximum absolute atomic E-state index is 13.9. The van der Waals surface area contributed by atoms with Gasteiger partial charge in [0.1, 0.15) is 11.9 Å². The van der Waals surface area contributed by atoms with E-state index in [-0.39, 0.29) is 6.10 Å². The minimum atomic E-state index is -0.914. The molecule has 0 spiro atoms. The van der Waals surface area contributed by atoms with Gasteiger partial charge in [-0.1, -0.05) is 6.07 Å². The second-order valence-electron chi connectivity index (χ2n) is 8.07. The number of nitrogens with one attached hydrogen (secondary N) is 2. The van der Waals surface area contributed by atoms with E-state index in [4.69, 9.17) is 9.72 Å². The number of piperidine rings is 1. The molecule has 3 aromatic heterocycles. The first kappa shape index (κ1) is 21.4. The summed E-state index contributed by atoms with van der Waals surface area (Å²) in [7, 11) is 1.67. The lowest BCUT2D eigenvalue weighted by Gasteiger charge is -2.43. The highest BCUT2D eigenvalue weighted by Crippen LogP contribution is 2.35. The van der Waals surface area contributed by atoms with Crippen LogP contribution >= 0.6 is 0 Å². The minimum absolute atomic E-state index is 0.238. The van der Waals surface area contributed by atoms with Crippen molar-refractivity contribution in [3.05, 3.63) is 71.9 Å². The van der Waals surface area contributed by atoms with Crippen molar-refractivity contribution in [2.45, 2.75) is 25.0 Å². The average molecular weight is 451 g/mol. The predicted octanol–water partition coefficient (Wildman–Crippen LogP) is 3.09. The highest BCUT2D eigenvalue weighted by atomic mass is 19.2. The molecule has 5 rings (SSSR count). The monoisotopic (exact) mass is 451 g/mol. The number of fused-ring (bicyclic) bond motifs is 1. The van der Waals surface area contributed by atoms with Gasteiger partial charge in [-0.2, -0.15) is 4.98 Å². The van der Waals surface area contributed by atoms with E-state index >= 15 is 0 Å². The number of ether oxygens (including phenoxy) is 1. The average Bonchev–Trinajstić information content (AvgIpc) is 3.23. The molecule has 4 heterocycles. The van der Waals surface area contributed by atoms with Crippen molar-refractivity contribution in [3.63, 3.8) is 0 Å². The molecule has 0 unspecified atom stereocenters. The largest absolute Gasteiger partial charge is 0.377 e. The van der Waals surface area contributed by atoms with Gasteiger partial charge in [0.15, 0.2) is 17.3 Å². The summed E-state index contributed by atoms with van der Waals surface area (Å²) in [5.74, 6) is -1.43. The standard InChI is InChI=1S/C23H23F2N7O/c1-14-10-19(28-13-27-14)23(7-8-26-12-20(23)33-2)30-22-29-21-16(4-3-9-32(21)31-22)15-5-6-17(24)18(25)11-15/h3-6,9-11,13,20,26H,7-8,12H2,1-2H3,(H,30,31)/t20-,23+/m0/s1. The van der Waals surface area contributed by atoms with E-state index in [0.29, 0.717) is 35.7 Å². The van der Waals surface area contributed by atoms with Gasteiger partial charge >= 0.3 is 0 Å². The molecule has 0 saturated carbocycles. The molecule has 1 aromatic carbocycles. The SMILES string of the molecule is CO[C@H]1CNCC[C@@]1(Nc1nc2c(-c3ccc(F)c(F)c3)cccn2n1)c1cc(C)ncn1. The summed E-state index contributed by atoms with van der Waals surface area (Å²) in [5, 5.41) is 11.5. The van der Waals surface area contributed by atoms with E-state index in [2.05, 4.69) is 25.7 Å². The Morgan fingerprint density at radius 2 is 2.06 bits per heavy atom. The van der Waals surface area contributed by atoms with Crippen LogP contribution in [-0.2, 0) is 10.3 Å². The van der Waals surface area contributed by atoms with Crippen molar-refractivity contribution in [1.82, 2.24) is 29.9 Å². The molecular weight excluding hydrogens is 428 g/mol. The van der Waals surface area contributed by atoms with Crippen LogP contribution in [0, 0.1) is 18.6 Å². The highest BCUT2D eigenvalue weighted by Gasteiger charge is 2.45. The molecule has 1 fully saturated rings. The third-order valence-corrected chi connectivity index (χ3v) is 6.05. The summed E-state index contributed by atoms with van der Waals surface area (Å²) in [6, 6.07) is 9.31. The van der Waals surface area contributed by atoms with Gasteiger partial charge in [-0.3, -0.25) is 0 Å². The smallest absolute Gasteiger partial charge is 0.243 e. The molecule has 1 saturated heterocycles. The molecule has 1 aliphatic heterocycles. The summed E-state index contributed by atoms with van der Waals surface area (Å²) in [6.45, 7) is 3.29. The molecule has 170 valence electrons. The molecule has 10 heteroatoms. The molecule has 1 aliphatic rings. The summed E-state index contributed by atoms with van der Waals surface area (Å²) in [4.78, 5) is 13.5. The van der Waals surface area contributed by atoms with E-state index in [1.165, 1.54) is 6.07 Å². The van der Waals surface area contributed by atoms with Crippen LogP contribution in [0.4, 0.5) is 14.7 Å². The third-order valence-electron chi connectivity index (χ3n) is 6.05. The predicted molar refractivity (Wildman–Crippen MR) is 119 cm³/mol. The number of hydrogen-bond acceptors (Lipinski definition) is 7. The van der Waals surface area contributed by atoms with E-state index in [9.17, 15) is 8.78 Å². The first-order valence-corrected chi connectivity index (χ1v) is 10.6. The van der Waals surface area contributed by atoms with Gasteiger partial charge in [-0.25, -0.2) is 23.3 Å². The highest BCUT2D eigenvalue weighted by molar-refractivity contribution is 5.78. The quantitative estimate of drug-likeness (QED) is 0.482. The van der Waals surface area contributed by atoms with Crippen molar-refractivity contribution in [2.24, 2.45) is 0 Å². The third kappa shape index (κ3) is 3.81. The summed E-state index contributed by atoms with van der Waals surface area (Å²) in [6.07, 6.45) is 3.75. The van der Waals surface area contributed by atoms with Crippen LogP contribution in [0.2, 0.25) is 0 Å². The number of hydrogen-bond donors (Lipinski definition) is 2. The molecule has 0 radical (unpaired) electrons. The summed E-state index contributed by atoms with van der Waals surface area (Å²) < 4.78 is 34.8. The van der Waals surface area contributed by atoms with Gasteiger partial charge in [-0.05, 0) is 55.8 Å². The summed E-state index contributed by atoms with van der Waals surface area (Å²) >= 11 is 0. The fraction of sp³-hybridized carbons (Fsp3) is 0.304. The fourth-order valence-electron chi connectivity index (χ4n) is 4.38. The van der Waals surface area contributed by atoms with Gasteiger partial charge in [0.2, 0.25) is 5.95 Å². The first-order chi connectivity index (χ1) is 16.0. The number of aromatic nitrogens is 5. The number of rotatable bonds is 5. The van der Waals surface area contributed by atoms with Gasteiger partial charge in [0, 0.05) is 31.1 Å². The van der Waals surface area contributed by atoms with Crippen LogP contribution in [0.25, 0.3) is 16.8 Å². The number of halogens is 2. The molecule has 0 bridgehead atoms. The number of methoxy groups -OCH3 is 1. The number of pyridine rings is 1. The number of benzene rings is 1. The van der Waals surface area contributed by atoms with Crippen molar-refractivity contribution in [1.29, 1.82) is 0 Å². The van der Waals surface area contributed by atoms with Crippen molar-refractivity contribution in [3.8, 4) is 11.1 Å². The topological polar surface area (TPSA) is 89.3 Å². The van der Waals surface area contributed by atoms with Gasteiger partial charge < -0.3 is 15.4 Å². The first-order valence-electron chi connectivity index (χ1n) is 10.6. The lowest BCUT2D eigenvalue weighted by molar-refractivity contribution is 0.0217. The molecule has 2 N–H and O–H groups in total. The molecule has 0 aliphatic carbocycles. The Balaban J connectivity index is 1.60. The van der Waals surface area contributed by atoms with Crippen LogP contribution in [0.15, 0.2) is 48.9 Å². The molecule has 0 amide bonds. The summed E-state index contributed by atoms with van der Waals surface area (Å²) in [5.41, 5.74) is 2.62. The Bertz CT molecular complexity index is 1310. The van der Waals surface area contributed by atoms with Crippen LogP contribution < -0.4 is 10.6 Å². The second kappa shape index (κ2) is 8.45. The van der Waals surface area contributed by atoms with Crippen LogP contribution in [0.1, 0.15) is 17.8 Å². The van der Waals surface area contributed by atoms with Gasteiger partial charge in [-0.15, -0.1) is 5.10 Å². The van der Waals surface area contributed by atoms with Crippen molar-refractivity contribution in [2.75, 3.05) is 25.5 Å². The lowest BCUT2D eigenvalue weighted by atomic mass is 9.82. The maximum atomic E-state index is 13.9. The Morgan fingerprint density at radius 3 is 2.85 bits per heavy atom. The molecule has 4 aromatic rings. The molecular formula is C23H23F2N7O. The molecule has 8 nitrogen and oxygen atoms in total. The van der Waals surface area contributed by atoms with Crippen molar-refractivity contribution >= 4 is 11.6 Å². The van der Waals surface area contributed by atoms with E-state index in [0.717, 1.165) is 30.1 Å². The number of anilines is 1. The maximum Gasteiger partial charge on any atom is 0.243 e. The van der Waals surface area contributed by atoms with Crippen LogP contribution in [0.5, 0.6) is 0 Å².